The van der Waals surface area contributed by atoms with Crippen molar-refractivity contribution in [3.63, 3.8) is 0 Å². The Bertz CT molecular complexity index is 331. The van der Waals surface area contributed by atoms with Crippen molar-refractivity contribution in [1.29, 1.82) is 0 Å². The number of carbonyl (C=O) groups is 1. The molecule has 0 bridgehead atoms. The van der Waals surface area contributed by atoms with Crippen LogP contribution < -0.4 is 4.74 Å². The molecule has 0 fully saturated rings. The summed E-state index contributed by atoms with van der Waals surface area (Å²) >= 11 is 20.4. The Morgan fingerprint density at radius 1 is 1.23 bits per heavy atom. The average Bonchev–Trinajstić information content (AvgIpc) is 1.96. The highest BCUT2D eigenvalue weighted by atomic mass is 35.5. The lowest BCUT2D eigenvalue weighted by Gasteiger charge is -2.05. The second-order valence-corrected chi connectivity index (χ2v) is 3.68. The third-order valence-corrected chi connectivity index (χ3v) is 2.02. The van der Waals surface area contributed by atoms with Gasteiger partial charge in [0.2, 0.25) is 0 Å². The van der Waals surface area contributed by atoms with Crippen molar-refractivity contribution < 1.29 is 9.53 Å². The number of hydrogen-bond acceptors (Lipinski definition) is 2. The lowest BCUT2D eigenvalue weighted by Crippen LogP contribution is -1.97. The minimum atomic E-state index is -0.786. The molecule has 1 rings (SSSR count). The van der Waals surface area contributed by atoms with Crippen molar-refractivity contribution >= 4 is 52.7 Å². The molecule has 0 aliphatic carbocycles. The third kappa shape index (κ3) is 2.95. The predicted molar refractivity (Wildman–Crippen MR) is 56.5 cm³/mol. The molecule has 0 amide bonds. The van der Waals surface area contributed by atoms with E-state index in [1.807, 2.05) is 0 Å². The van der Waals surface area contributed by atoms with Gasteiger partial charge in [-0.1, -0.05) is 47.4 Å². The standard InChI is InChI=1S/C7H3Cl3O2S/c8-3-1-4(9)6(5(10)2-3)12-7(11)13/h1-2H,(H,11,13). The number of benzene rings is 1. The van der Waals surface area contributed by atoms with E-state index in [1.165, 1.54) is 12.1 Å². The number of rotatable bonds is 1. The molecular weight excluding hydrogens is 255 g/mol. The maximum Gasteiger partial charge on any atom is 0.369 e. The van der Waals surface area contributed by atoms with Crippen LogP contribution in [-0.4, -0.2) is 5.30 Å². The van der Waals surface area contributed by atoms with Crippen molar-refractivity contribution in [1.82, 2.24) is 0 Å². The van der Waals surface area contributed by atoms with Crippen LogP contribution >= 0.6 is 47.4 Å². The summed E-state index contributed by atoms with van der Waals surface area (Å²) in [5, 5.41) is -0.0834. The van der Waals surface area contributed by atoms with Gasteiger partial charge in [-0.15, -0.1) is 0 Å². The highest BCUT2D eigenvalue weighted by Crippen LogP contribution is 2.36. The zero-order chi connectivity index (χ0) is 10.0. The fourth-order valence-corrected chi connectivity index (χ4v) is 1.70. The van der Waals surface area contributed by atoms with E-state index < -0.39 is 5.30 Å². The van der Waals surface area contributed by atoms with Crippen LogP contribution in [0.3, 0.4) is 0 Å². The molecule has 0 aliphatic rings. The lowest BCUT2D eigenvalue weighted by atomic mass is 10.3. The molecule has 0 spiro atoms. The molecule has 0 heterocycles. The number of halogens is 3. The molecule has 0 saturated carbocycles. The van der Waals surface area contributed by atoms with Gasteiger partial charge in [0, 0.05) is 5.02 Å². The molecule has 0 atom stereocenters. The summed E-state index contributed by atoms with van der Waals surface area (Å²) in [6.45, 7) is 0. The quantitative estimate of drug-likeness (QED) is 0.606. The summed E-state index contributed by atoms with van der Waals surface area (Å²) in [6, 6.07) is 2.84. The smallest absolute Gasteiger partial charge is 0.369 e. The Kier molecular flexibility index (Phi) is 3.74. The number of thiol groups is 1. The van der Waals surface area contributed by atoms with E-state index in [0.717, 1.165) is 0 Å². The maximum absolute atomic E-state index is 10.5. The highest BCUT2D eigenvalue weighted by molar-refractivity contribution is 7.96. The van der Waals surface area contributed by atoms with Gasteiger partial charge in [-0.3, -0.25) is 0 Å². The number of ether oxygens (including phenoxy) is 1. The Hall–Kier alpha value is -0.0900. The van der Waals surface area contributed by atoms with E-state index in [9.17, 15) is 4.79 Å². The number of hydrogen-bond donors (Lipinski definition) is 1. The molecule has 70 valence electrons. The van der Waals surface area contributed by atoms with Crippen LogP contribution in [-0.2, 0) is 0 Å². The Morgan fingerprint density at radius 3 is 2.08 bits per heavy atom. The van der Waals surface area contributed by atoms with Gasteiger partial charge in [0.05, 0.1) is 10.0 Å². The SMILES string of the molecule is O=C(S)Oc1c(Cl)cc(Cl)cc1Cl. The molecule has 0 saturated heterocycles. The summed E-state index contributed by atoms with van der Waals surface area (Å²) in [6.07, 6.45) is 0. The van der Waals surface area contributed by atoms with Gasteiger partial charge in [0.25, 0.3) is 0 Å². The Morgan fingerprint density at radius 2 is 1.69 bits per heavy atom. The topological polar surface area (TPSA) is 26.3 Å². The van der Waals surface area contributed by atoms with Crippen LogP contribution in [0.1, 0.15) is 0 Å². The predicted octanol–water partition coefficient (Wildman–Crippen LogP) is 4.08. The summed E-state index contributed by atoms with van der Waals surface area (Å²) in [5.74, 6) is 0.0627. The second-order valence-electron chi connectivity index (χ2n) is 2.07. The molecule has 0 radical (unpaired) electrons. The van der Waals surface area contributed by atoms with Gasteiger partial charge in [-0.2, -0.15) is 0 Å². The van der Waals surface area contributed by atoms with E-state index in [1.54, 1.807) is 0 Å². The Balaban J connectivity index is 3.13. The van der Waals surface area contributed by atoms with E-state index in [4.69, 9.17) is 34.8 Å². The molecule has 1 aromatic carbocycles. The normalized spacial score (nSPS) is 9.85. The van der Waals surface area contributed by atoms with Crippen molar-refractivity contribution in [2.75, 3.05) is 0 Å². The van der Waals surface area contributed by atoms with Crippen molar-refractivity contribution in [3.8, 4) is 5.75 Å². The first kappa shape index (κ1) is 11.0. The zero-order valence-corrected chi connectivity index (χ0v) is 9.21. The van der Waals surface area contributed by atoms with Crippen molar-refractivity contribution in [2.24, 2.45) is 0 Å². The molecule has 13 heavy (non-hydrogen) atoms. The largest absolute Gasteiger partial charge is 0.415 e. The minimum absolute atomic E-state index is 0.0627. The van der Waals surface area contributed by atoms with Gasteiger partial charge < -0.3 is 4.74 Å². The first-order valence-corrected chi connectivity index (χ1v) is 4.64. The fraction of sp³-hybridized carbons (Fsp3) is 0. The van der Waals surface area contributed by atoms with Crippen LogP contribution in [0.5, 0.6) is 5.75 Å². The molecule has 0 N–H and O–H groups in total. The molecule has 1 aromatic rings. The van der Waals surface area contributed by atoms with Crippen LogP contribution in [0.25, 0.3) is 0 Å². The van der Waals surface area contributed by atoms with Crippen LogP contribution in [0.15, 0.2) is 12.1 Å². The van der Waals surface area contributed by atoms with Crippen molar-refractivity contribution in [3.05, 3.63) is 27.2 Å². The summed E-state index contributed by atoms with van der Waals surface area (Å²) in [4.78, 5) is 10.5. The maximum atomic E-state index is 10.5. The number of carbonyl (C=O) groups excluding carboxylic acids is 1. The zero-order valence-electron chi connectivity index (χ0n) is 6.05. The first-order valence-electron chi connectivity index (χ1n) is 3.06. The molecule has 2 nitrogen and oxygen atoms in total. The van der Waals surface area contributed by atoms with Gasteiger partial charge >= 0.3 is 5.30 Å². The molecule has 0 aromatic heterocycles. The van der Waals surface area contributed by atoms with E-state index in [2.05, 4.69) is 17.4 Å². The van der Waals surface area contributed by atoms with Crippen LogP contribution in [0.2, 0.25) is 15.1 Å². The van der Waals surface area contributed by atoms with Gasteiger partial charge in [0.15, 0.2) is 5.75 Å². The molecule has 0 aliphatic heterocycles. The van der Waals surface area contributed by atoms with Crippen molar-refractivity contribution in [2.45, 2.75) is 0 Å². The molecule has 0 unspecified atom stereocenters. The fourth-order valence-electron chi connectivity index (χ4n) is 0.714. The minimum Gasteiger partial charge on any atom is -0.415 e. The van der Waals surface area contributed by atoms with Crippen LogP contribution in [0, 0.1) is 0 Å². The Labute approximate surface area is 95.1 Å². The summed E-state index contributed by atoms with van der Waals surface area (Å²) < 4.78 is 4.63. The third-order valence-electron chi connectivity index (χ3n) is 1.15. The van der Waals surface area contributed by atoms with Gasteiger partial charge in [-0.05, 0) is 12.1 Å². The van der Waals surface area contributed by atoms with Gasteiger partial charge in [0.1, 0.15) is 0 Å². The molecular formula is C7H3Cl3O2S. The molecule has 6 heteroatoms. The average molecular weight is 258 g/mol. The van der Waals surface area contributed by atoms with E-state index >= 15 is 0 Å². The first-order chi connectivity index (χ1) is 6.00. The highest BCUT2D eigenvalue weighted by Gasteiger charge is 2.11. The summed E-state index contributed by atoms with van der Waals surface area (Å²) in [5.41, 5.74) is 0. The van der Waals surface area contributed by atoms with Crippen LogP contribution in [0.4, 0.5) is 4.79 Å². The van der Waals surface area contributed by atoms with Gasteiger partial charge in [-0.25, -0.2) is 4.79 Å². The lowest BCUT2D eigenvalue weighted by molar-refractivity contribution is 0.227. The summed E-state index contributed by atoms with van der Waals surface area (Å²) in [7, 11) is 0. The van der Waals surface area contributed by atoms with E-state index in [0.29, 0.717) is 5.02 Å². The van der Waals surface area contributed by atoms with E-state index in [-0.39, 0.29) is 15.8 Å². The second kappa shape index (κ2) is 4.42. The monoisotopic (exact) mass is 256 g/mol.